The number of hydrogen-bond acceptors (Lipinski definition) is 21. The molecule has 4 heterocycles. The van der Waals surface area contributed by atoms with E-state index >= 15 is 4.79 Å². The Labute approximate surface area is 627 Å². The smallest absolute Gasteiger partial charge is 0.245 e. The van der Waals surface area contributed by atoms with Gasteiger partial charge in [0, 0.05) is 87.5 Å². The van der Waals surface area contributed by atoms with Crippen molar-refractivity contribution in [3.05, 3.63) is 90.1 Å². The third-order valence-corrected chi connectivity index (χ3v) is 18.0. The van der Waals surface area contributed by atoms with Crippen LogP contribution in [0, 0.1) is 0 Å². The monoisotopic (exact) mass is 1520 g/mol. The van der Waals surface area contributed by atoms with Crippen molar-refractivity contribution >= 4 is 105 Å². The van der Waals surface area contributed by atoms with E-state index in [1.807, 2.05) is 12.1 Å². The zero-order valence-corrected chi connectivity index (χ0v) is 60.7. The first-order valence-electron chi connectivity index (χ1n) is 36.0. The molecule has 4 aromatic rings. The average Bonchev–Trinajstić information content (AvgIpc) is 1.70. The Bertz CT molecular complexity index is 3840. The number of benzene rings is 2. The fourth-order valence-electron chi connectivity index (χ4n) is 12.2. The van der Waals surface area contributed by atoms with Gasteiger partial charge in [-0.15, -0.1) is 0 Å². The lowest BCUT2D eigenvalue weighted by molar-refractivity contribution is -0.143. The second-order valence-corrected chi connectivity index (χ2v) is 26.6. The summed E-state index contributed by atoms with van der Waals surface area (Å²) in [5.41, 5.74) is 24.6. The first-order valence-corrected chi connectivity index (χ1v) is 36.0. The van der Waals surface area contributed by atoms with Crippen molar-refractivity contribution < 1.29 is 87.2 Å². The number of imidazole rings is 1. The van der Waals surface area contributed by atoms with Gasteiger partial charge < -0.3 is 117 Å². The number of carbonyl (C=O) groups is 15. The number of hydrogen-bond donors (Lipinski definition) is 21. The molecule has 0 aliphatic carbocycles. The van der Waals surface area contributed by atoms with E-state index in [1.165, 1.54) is 12.5 Å². The third-order valence-electron chi connectivity index (χ3n) is 18.0. The topological polar surface area (TPSA) is 625 Å². The van der Waals surface area contributed by atoms with Gasteiger partial charge in [-0.2, -0.15) is 0 Å². The molecule has 39 heteroatoms. The minimum atomic E-state index is -1.89. The Morgan fingerprint density at radius 1 is 0.679 bits per heavy atom. The summed E-state index contributed by atoms with van der Waals surface area (Å²) in [6.45, 7) is -0.390. The van der Waals surface area contributed by atoms with Crippen LogP contribution in [0.3, 0.4) is 0 Å². The summed E-state index contributed by atoms with van der Waals surface area (Å²) in [5.74, 6) is -14.1. The van der Waals surface area contributed by atoms with E-state index < -0.39 is 219 Å². The second kappa shape index (κ2) is 44.0. The van der Waals surface area contributed by atoms with Crippen LogP contribution in [0.2, 0.25) is 0 Å². The van der Waals surface area contributed by atoms with Gasteiger partial charge in [0.2, 0.25) is 82.7 Å². The number of primary amides is 2. The Morgan fingerprint density at radius 2 is 1.29 bits per heavy atom. The highest BCUT2D eigenvalue weighted by molar-refractivity contribution is 6.00. The predicted octanol–water partition coefficient (Wildman–Crippen LogP) is -7.03. The molecular weight excluding hydrogens is 1420 g/mol. The fourth-order valence-corrected chi connectivity index (χ4v) is 12.2. The van der Waals surface area contributed by atoms with E-state index in [0.29, 0.717) is 24.0 Å². The summed E-state index contributed by atoms with van der Waals surface area (Å²) < 4.78 is 0. The number of Topliss-reactive ketones (excluding diaryl/α,β-unsaturated/α-hetero) is 1. The van der Waals surface area contributed by atoms with E-state index in [2.05, 4.69) is 83.7 Å². The van der Waals surface area contributed by atoms with Crippen molar-refractivity contribution in [3.8, 4) is 0 Å². The van der Waals surface area contributed by atoms with Gasteiger partial charge in [-0.3, -0.25) is 76.9 Å². The average molecular weight is 1520 g/mol. The fraction of sp³-hybridized carbons (Fsp3) is 0.529. The third kappa shape index (κ3) is 28.3. The lowest BCUT2D eigenvalue weighted by Gasteiger charge is -2.31. The summed E-state index contributed by atoms with van der Waals surface area (Å²) in [5, 5.41) is 63.3. The van der Waals surface area contributed by atoms with Crippen LogP contribution in [0.1, 0.15) is 114 Å². The molecule has 14 amide bonds. The number of aliphatic imine (C=N–C) groups is 1. The number of fused-ring (bicyclic) bond motifs is 2. The van der Waals surface area contributed by atoms with Crippen LogP contribution in [0.15, 0.2) is 78.3 Å². The normalized spacial score (nSPS) is 20.7. The maximum Gasteiger partial charge on any atom is 0.245 e. The van der Waals surface area contributed by atoms with Crippen molar-refractivity contribution in [2.45, 2.75) is 189 Å². The number of aliphatic hydroxyl groups is 3. The number of unbranched alkanes of at least 4 members (excludes halogenated alkanes) is 1. The largest absolute Gasteiger partial charge is 0.394 e. The van der Waals surface area contributed by atoms with Crippen LogP contribution in [-0.4, -0.2) is 248 Å². The molecule has 2 aliphatic rings. The number of guanidine groups is 1. The number of ketones is 1. The molecule has 2 saturated heterocycles. The highest BCUT2D eigenvalue weighted by Crippen LogP contribution is 2.23. The Morgan fingerprint density at radius 3 is 1.95 bits per heavy atom. The molecule has 0 radical (unpaired) electrons. The molecule has 0 spiro atoms. The van der Waals surface area contributed by atoms with E-state index in [0.717, 1.165) is 22.7 Å². The maximum absolute atomic E-state index is 15.2. The number of nitrogens with two attached hydrogens (primary N) is 4. The van der Waals surface area contributed by atoms with Gasteiger partial charge in [0.25, 0.3) is 0 Å². The van der Waals surface area contributed by atoms with Crippen LogP contribution in [0.4, 0.5) is 0 Å². The van der Waals surface area contributed by atoms with E-state index in [-0.39, 0.29) is 89.1 Å². The van der Waals surface area contributed by atoms with Crippen molar-refractivity contribution in [1.82, 2.24) is 83.7 Å². The molecule has 2 fully saturated rings. The number of aliphatic hydroxyl groups excluding tert-OH is 3. The number of carbonyl (C=O) groups excluding carboxylic acids is 15. The minimum Gasteiger partial charge on any atom is -0.394 e. The molecule has 39 nitrogen and oxygen atoms in total. The van der Waals surface area contributed by atoms with Crippen molar-refractivity contribution in [2.24, 2.45) is 27.9 Å². The molecule has 0 unspecified atom stereocenters. The Hall–Kier alpha value is -11.5. The van der Waals surface area contributed by atoms with Crippen LogP contribution in [0.5, 0.6) is 0 Å². The van der Waals surface area contributed by atoms with Crippen LogP contribution in [0.25, 0.3) is 10.9 Å². The summed E-state index contributed by atoms with van der Waals surface area (Å²) in [6.07, 6.45) is 1.06. The summed E-state index contributed by atoms with van der Waals surface area (Å²) >= 11 is 0. The highest BCUT2D eigenvalue weighted by atomic mass is 16.3. The van der Waals surface area contributed by atoms with E-state index in [9.17, 15) is 82.4 Å². The molecule has 6 rings (SSSR count). The Kier molecular flexibility index (Phi) is 34.9. The molecular formula is C70H101N21O18. The number of H-pyrrole nitrogens is 2. The molecule has 12 atom stereocenters. The van der Waals surface area contributed by atoms with Crippen LogP contribution >= 0.6 is 0 Å². The highest BCUT2D eigenvalue weighted by Gasteiger charge is 2.44. The first-order chi connectivity index (χ1) is 52.1. The number of nitrogens with zero attached hydrogens (tertiary/aromatic N) is 3. The van der Waals surface area contributed by atoms with Gasteiger partial charge in [-0.1, -0.05) is 68.3 Å². The zero-order chi connectivity index (χ0) is 79.7. The molecule has 2 aromatic heterocycles. The molecule has 0 bridgehead atoms. The summed E-state index contributed by atoms with van der Waals surface area (Å²) in [4.78, 5) is 223. The zero-order valence-electron chi connectivity index (χ0n) is 60.7. The van der Waals surface area contributed by atoms with Gasteiger partial charge in [0.15, 0.2) is 5.96 Å². The van der Waals surface area contributed by atoms with Crippen molar-refractivity contribution in [3.63, 3.8) is 0 Å². The second-order valence-electron chi connectivity index (χ2n) is 26.6. The number of amides is 14. The minimum absolute atomic E-state index is 0.00846. The van der Waals surface area contributed by atoms with Crippen molar-refractivity contribution in [2.75, 3.05) is 45.9 Å². The molecule has 2 aromatic carbocycles. The Balaban J connectivity index is 1.28. The molecule has 2 aliphatic heterocycles. The van der Waals surface area contributed by atoms with Crippen molar-refractivity contribution in [1.29, 1.82) is 0 Å². The number of rotatable bonds is 32. The molecule has 109 heavy (non-hydrogen) atoms. The number of para-hydroxylation sites is 1. The van der Waals surface area contributed by atoms with Crippen LogP contribution < -0.4 is 86.7 Å². The molecule has 594 valence electrons. The maximum atomic E-state index is 15.2. The first kappa shape index (κ1) is 86.5. The number of aromatic nitrogens is 3. The van der Waals surface area contributed by atoms with Gasteiger partial charge in [-0.05, 0) is 75.1 Å². The molecule has 0 saturated carbocycles. The van der Waals surface area contributed by atoms with Gasteiger partial charge >= 0.3 is 0 Å². The summed E-state index contributed by atoms with van der Waals surface area (Å²) in [7, 11) is 0. The number of aromatic amines is 2. The predicted molar refractivity (Wildman–Crippen MR) is 391 cm³/mol. The lowest BCUT2D eigenvalue weighted by Crippen LogP contribution is -2.61. The lowest BCUT2D eigenvalue weighted by atomic mass is 10.0. The molecule has 25 N–H and O–H groups in total. The van der Waals surface area contributed by atoms with Gasteiger partial charge in [-0.25, -0.2) is 4.98 Å². The van der Waals surface area contributed by atoms with Gasteiger partial charge in [0.1, 0.15) is 72.2 Å². The quantitative estimate of drug-likeness (QED) is 0.0123. The van der Waals surface area contributed by atoms with Gasteiger partial charge in [0.05, 0.1) is 38.7 Å². The van der Waals surface area contributed by atoms with Crippen LogP contribution in [-0.2, 0) is 91.2 Å². The number of nitrogens with one attached hydrogen (secondary N) is 14. The van der Waals surface area contributed by atoms with E-state index in [1.54, 1.807) is 55.6 Å². The SMILES string of the molecule is CCCC[C@H](NC(=O)[C@H](CO)NC(=O)[C@H](Cc1cnc[nH]1)NC(=O)[C@H](CCC(N)=O)NC(=O)[C@H](CO)NC(=O)CNC(C)=O)C(=O)N[C@H]1CCC(=O)CNCCCC[C@@H](C(N)=O)NC(=O)[C@H](Cc2c[nH]c3ccccc23)NC(=O)[C@H](CCCN=C(N)N)NC(=O)[C@@H](Cc2ccccc2)NC(=O)[C@@H]2C[C@@H](O)CN2C1=O. The standard InChI is InChI=1S/C70H101N21O18/c1-3-4-16-47(84-67(107)55(36-93)90-65(105)53(28-41-31-76-37-80-41)88-62(102)49(22-23-57(71)97)85-66(106)54(35-92)81-58(98)33-78-38(2)94)60(100)86-50-21-20-42(95)32-75-24-11-10-18-46(59(72)99)82-64(104)52(27-40-30-79-45-17-9-8-15-44(40)45)87-61(101)48(19-12-25-77-70(73)74)83-63(103)51(26-39-13-6-5-7-14-39)89-68(108)56-29-43(96)34-91(56)69(50)109/h5-9,13-15,17,30-31,37,43,46-56,75,79,92-93,96H,3-4,10-12,16,18-29,32-36H2,1-2H3,(H2,71,97)(H2,72,99)(H,76,80)(H,78,94)(H,81,98)(H,82,104)(H,83,103)(H,84,107)(H,85,106)(H,86,100)(H,87,101)(H,88,102)(H,89,108)(H,90,105)(H4,73,74,77)/t43-,46+,47+,48+,49+,50+,51-,52+,53+,54+,55+,56+/m1/s1. The summed E-state index contributed by atoms with van der Waals surface area (Å²) in [6, 6.07) is -1.73. The van der Waals surface area contributed by atoms with E-state index in [4.69, 9.17) is 22.9 Å².